The Morgan fingerprint density at radius 3 is 2.72 bits per heavy atom. The minimum Gasteiger partial charge on any atom is -0.384 e. The number of thiophene rings is 1. The monoisotopic (exact) mass is 353 g/mol. The van der Waals surface area contributed by atoms with Gasteiger partial charge in [-0.15, -0.1) is 11.3 Å². The standard InChI is InChI=1S/C19H19N3O2S/c1-2-22(16-10-5-8-14-7-3-4-9-15(14)16)18(23)13-24-21-19(20)17-11-6-12-25-17/h3-12H,2,13H2,1H3,(H2,20,21). The fourth-order valence-corrected chi connectivity index (χ4v) is 3.25. The van der Waals surface area contributed by atoms with Crippen LogP contribution in [0.4, 0.5) is 5.69 Å². The van der Waals surface area contributed by atoms with Crippen LogP contribution in [0.3, 0.4) is 0 Å². The van der Waals surface area contributed by atoms with Crippen molar-refractivity contribution in [2.45, 2.75) is 6.92 Å². The topological polar surface area (TPSA) is 67.9 Å². The Bertz CT molecular complexity index is 885. The number of rotatable bonds is 6. The molecule has 0 saturated heterocycles. The van der Waals surface area contributed by atoms with Crippen molar-refractivity contribution in [2.75, 3.05) is 18.1 Å². The fourth-order valence-electron chi connectivity index (χ4n) is 2.63. The first-order valence-corrected chi connectivity index (χ1v) is 8.86. The van der Waals surface area contributed by atoms with Crippen molar-refractivity contribution < 1.29 is 9.63 Å². The van der Waals surface area contributed by atoms with Crippen LogP contribution >= 0.6 is 11.3 Å². The molecule has 3 rings (SSSR count). The number of nitrogens with two attached hydrogens (primary N) is 1. The van der Waals surface area contributed by atoms with Crippen molar-refractivity contribution in [2.24, 2.45) is 10.9 Å². The molecule has 0 spiro atoms. The second-order valence-electron chi connectivity index (χ2n) is 5.36. The van der Waals surface area contributed by atoms with Crippen LogP contribution in [-0.4, -0.2) is 24.9 Å². The van der Waals surface area contributed by atoms with E-state index in [0.29, 0.717) is 6.54 Å². The fraction of sp³-hybridized carbons (Fsp3) is 0.158. The highest BCUT2D eigenvalue weighted by Crippen LogP contribution is 2.26. The van der Waals surface area contributed by atoms with Crippen LogP contribution in [0, 0.1) is 0 Å². The third-order valence-electron chi connectivity index (χ3n) is 3.80. The maximum Gasteiger partial charge on any atom is 0.267 e. The molecule has 0 unspecified atom stereocenters. The highest BCUT2D eigenvalue weighted by Gasteiger charge is 2.16. The van der Waals surface area contributed by atoms with E-state index < -0.39 is 0 Å². The van der Waals surface area contributed by atoms with E-state index in [-0.39, 0.29) is 18.3 Å². The summed E-state index contributed by atoms with van der Waals surface area (Å²) in [6.07, 6.45) is 0. The summed E-state index contributed by atoms with van der Waals surface area (Å²) in [4.78, 5) is 20.3. The number of likely N-dealkylation sites (N-methyl/N-ethyl adjacent to an activating group) is 1. The predicted octanol–water partition coefficient (Wildman–Crippen LogP) is 3.59. The number of nitrogens with zero attached hydrogens (tertiary/aromatic N) is 2. The minimum atomic E-state index is -0.165. The predicted molar refractivity (Wildman–Crippen MR) is 103 cm³/mol. The molecule has 3 aromatic rings. The normalized spacial score (nSPS) is 11.5. The highest BCUT2D eigenvalue weighted by molar-refractivity contribution is 7.12. The molecule has 2 N–H and O–H groups in total. The van der Waals surface area contributed by atoms with Crippen LogP contribution in [0.1, 0.15) is 11.8 Å². The first kappa shape index (κ1) is 17.0. The van der Waals surface area contributed by atoms with Crippen molar-refractivity contribution in [1.82, 2.24) is 0 Å². The number of amides is 1. The van der Waals surface area contributed by atoms with E-state index in [9.17, 15) is 4.79 Å². The van der Waals surface area contributed by atoms with E-state index in [0.717, 1.165) is 21.3 Å². The van der Waals surface area contributed by atoms with Gasteiger partial charge in [0.15, 0.2) is 12.4 Å². The molecule has 0 aliphatic heterocycles. The smallest absolute Gasteiger partial charge is 0.267 e. The average Bonchev–Trinajstić information content (AvgIpc) is 3.17. The van der Waals surface area contributed by atoms with Gasteiger partial charge in [0.2, 0.25) is 0 Å². The average molecular weight is 353 g/mol. The Morgan fingerprint density at radius 2 is 1.96 bits per heavy atom. The minimum absolute atomic E-state index is 0.164. The van der Waals surface area contributed by atoms with Crippen molar-refractivity contribution >= 4 is 39.5 Å². The summed E-state index contributed by atoms with van der Waals surface area (Å²) >= 11 is 1.47. The van der Waals surface area contributed by atoms with Crippen molar-refractivity contribution in [1.29, 1.82) is 0 Å². The summed E-state index contributed by atoms with van der Waals surface area (Å²) in [7, 11) is 0. The number of amidine groups is 1. The lowest BCUT2D eigenvalue weighted by Crippen LogP contribution is -2.33. The van der Waals surface area contributed by atoms with Gasteiger partial charge in [0, 0.05) is 11.9 Å². The van der Waals surface area contributed by atoms with Crippen LogP contribution in [0.15, 0.2) is 65.1 Å². The molecule has 1 heterocycles. The van der Waals surface area contributed by atoms with Crippen molar-refractivity contribution in [3.63, 3.8) is 0 Å². The number of carbonyl (C=O) groups excluding carboxylic acids is 1. The molecule has 6 heteroatoms. The Hall–Kier alpha value is -2.86. The maximum absolute atomic E-state index is 12.6. The summed E-state index contributed by atoms with van der Waals surface area (Å²) in [6.45, 7) is 2.31. The molecule has 0 fully saturated rings. The van der Waals surface area contributed by atoms with Crippen LogP contribution in [0.25, 0.3) is 10.8 Å². The molecule has 1 amide bonds. The number of hydrogen-bond donors (Lipinski definition) is 1. The van der Waals surface area contributed by atoms with Crippen molar-refractivity contribution in [3.8, 4) is 0 Å². The van der Waals surface area contributed by atoms with Crippen molar-refractivity contribution in [3.05, 3.63) is 64.9 Å². The second kappa shape index (κ2) is 7.81. The molecule has 1 aromatic heterocycles. The zero-order valence-electron chi connectivity index (χ0n) is 13.9. The third kappa shape index (κ3) is 3.80. The summed E-state index contributed by atoms with van der Waals surface area (Å²) in [5.74, 6) is 0.109. The molecule has 0 saturated carbocycles. The van der Waals surface area contributed by atoms with Gasteiger partial charge in [-0.05, 0) is 29.8 Å². The molecular formula is C19H19N3O2S. The lowest BCUT2D eigenvalue weighted by atomic mass is 10.1. The molecule has 0 radical (unpaired) electrons. The van der Waals surface area contributed by atoms with Gasteiger partial charge in [0.05, 0.1) is 10.6 Å². The van der Waals surface area contributed by atoms with Crippen LogP contribution in [-0.2, 0) is 9.63 Å². The van der Waals surface area contributed by atoms with Gasteiger partial charge >= 0.3 is 0 Å². The molecule has 0 bridgehead atoms. The van der Waals surface area contributed by atoms with Crippen LogP contribution in [0.2, 0.25) is 0 Å². The van der Waals surface area contributed by atoms with Gasteiger partial charge in [0.25, 0.3) is 5.91 Å². The summed E-state index contributed by atoms with van der Waals surface area (Å²) in [5, 5.41) is 7.86. The SMILES string of the molecule is CCN(C(=O)CO/N=C(\N)c1cccs1)c1cccc2ccccc12. The largest absolute Gasteiger partial charge is 0.384 e. The first-order chi connectivity index (χ1) is 12.2. The summed E-state index contributed by atoms with van der Waals surface area (Å²) in [5.41, 5.74) is 6.70. The second-order valence-corrected chi connectivity index (χ2v) is 6.31. The Balaban J connectivity index is 1.74. The molecule has 5 nitrogen and oxygen atoms in total. The van der Waals surface area contributed by atoms with Crippen LogP contribution in [0.5, 0.6) is 0 Å². The van der Waals surface area contributed by atoms with E-state index in [1.807, 2.05) is 66.9 Å². The molecule has 0 aliphatic rings. The lowest BCUT2D eigenvalue weighted by Gasteiger charge is -2.22. The molecular weight excluding hydrogens is 334 g/mol. The maximum atomic E-state index is 12.6. The van der Waals surface area contributed by atoms with Crippen LogP contribution < -0.4 is 10.6 Å². The number of hydrogen-bond acceptors (Lipinski definition) is 4. The summed E-state index contributed by atoms with van der Waals surface area (Å²) < 4.78 is 0. The Morgan fingerprint density at radius 1 is 1.16 bits per heavy atom. The van der Waals surface area contributed by atoms with Gasteiger partial charge < -0.3 is 15.5 Å². The molecule has 128 valence electrons. The van der Waals surface area contributed by atoms with Gasteiger partial charge in [-0.3, -0.25) is 4.79 Å². The summed E-state index contributed by atoms with van der Waals surface area (Å²) in [6, 6.07) is 17.6. The molecule has 2 aromatic carbocycles. The number of anilines is 1. The number of fused-ring (bicyclic) bond motifs is 1. The van der Waals surface area contributed by atoms with E-state index in [1.165, 1.54) is 11.3 Å². The van der Waals surface area contributed by atoms with E-state index in [4.69, 9.17) is 10.6 Å². The Kier molecular flexibility index (Phi) is 5.30. The zero-order chi connectivity index (χ0) is 17.6. The molecule has 0 atom stereocenters. The van der Waals surface area contributed by atoms with E-state index in [1.54, 1.807) is 4.90 Å². The number of oxime groups is 1. The van der Waals surface area contributed by atoms with Gasteiger partial charge in [-0.1, -0.05) is 47.6 Å². The van der Waals surface area contributed by atoms with E-state index in [2.05, 4.69) is 5.16 Å². The number of benzene rings is 2. The molecule has 25 heavy (non-hydrogen) atoms. The Labute approximate surface area is 150 Å². The molecule has 0 aliphatic carbocycles. The number of carbonyl (C=O) groups is 1. The first-order valence-electron chi connectivity index (χ1n) is 7.98. The highest BCUT2D eigenvalue weighted by atomic mass is 32.1. The quantitative estimate of drug-likeness (QED) is 0.418. The van der Waals surface area contributed by atoms with E-state index >= 15 is 0 Å². The van der Waals surface area contributed by atoms with Gasteiger partial charge in [-0.2, -0.15) is 0 Å². The lowest BCUT2D eigenvalue weighted by molar-refractivity contribution is -0.123. The van der Waals surface area contributed by atoms with Gasteiger partial charge in [-0.25, -0.2) is 0 Å². The zero-order valence-corrected chi connectivity index (χ0v) is 14.7. The third-order valence-corrected chi connectivity index (χ3v) is 4.69. The van der Waals surface area contributed by atoms with Gasteiger partial charge in [0.1, 0.15) is 0 Å².